The van der Waals surface area contributed by atoms with E-state index >= 15 is 0 Å². The number of rotatable bonds is 1. The number of aromatic nitrogens is 2. The van der Waals surface area contributed by atoms with E-state index in [1.54, 1.807) is 12.3 Å². The van der Waals surface area contributed by atoms with Crippen molar-refractivity contribution in [2.75, 3.05) is 6.79 Å². The highest BCUT2D eigenvalue weighted by molar-refractivity contribution is 5.69. The van der Waals surface area contributed by atoms with Gasteiger partial charge in [-0.15, -0.1) is 0 Å². The van der Waals surface area contributed by atoms with Crippen molar-refractivity contribution in [2.45, 2.75) is 6.92 Å². The van der Waals surface area contributed by atoms with Crippen LogP contribution in [0.25, 0.3) is 16.9 Å². The van der Waals surface area contributed by atoms with Crippen molar-refractivity contribution >= 4 is 5.65 Å². The summed E-state index contributed by atoms with van der Waals surface area (Å²) in [5.74, 6) is 1.49. The third-order valence-electron chi connectivity index (χ3n) is 3.63. The zero-order chi connectivity index (χ0) is 14.4. The standard InChI is InChI=1S/C16H11N3O2/c1-10-16(12-3-4-13-14(6-12)21-9-20-13)18-15-5-2-11(7-17)8-19(10)15/h2-6,8H,9H2,1H3. The summed E-state index contributed by atoms with van der Waals surface area (Å²) in [5.41, 5.74) is 4.27. The van der Waals surface area contributed by atoms with Crippen LogP contribution in [0.2, 0.25) is 0 Å². The van der Waals surface area contributed by atoms with Crippen LogP contribution in [-0.4, -0.2) is 16.2 Å². The van der Waals surface area contributed by atoms with E-state index in [0.29, 0.717) is 5.56 Å². The molecule has 0 fully saturated rings. The minimum atomic E-state index is 0.258. The Labute approximate surface area is 121 Å². The molecule has 1 aliphatic rings. The van der Waals surface area contributed by atoms with Gasteiger partial charge in [-0.05, 0) is 37.3 Å². The smallest absolute Gasteiger partial charge is 0.231 e. The third-order valence-corrected chi connectivity index (χ3v) is 3.63. The van der Waals surface area contributed by atoms with Crippen LogP contribution in [0.1, 0.15) is 11.3 Å². The van der Waals surface area contributed by atoms with Gasteiger partial charge in [0, 0.05) is 17.5 Å². The minimum Gasteiger partial charge on any atom is -0.454 e. The number of fused-ring (bicyclic) bond motifs is 2. The summed E-state index contributed by atoms with van der Waals surface area (Å²) >= 11 is 0. The van der Waals surface area contributed by atoms with Gasteiger partial charge in [-0.1, -0.05) is 0 Å². The number of nitriles is 1. The van der Waals surface area contributed by atoms with Gasteiger partial charge in [0.1, 0.15) is 11.7 Å². The molecular weight excluding hydrogens is 266 g/mol. The van der Waals surface area contributed by atoms with Crippen LogP contribution in [0.3, 0.4) is 0 Å². The summed E-state index contributed by atoms with van der Waals surface area (Å²) < 4.78 is 12.7. The van der Waals surface area contributed by atoms with Crippen LogP contribution >= 0.6 is 0 Å². The highest BCUT2D eigenvalue weighted by Crippen LogP contribution is 2.36. The Hall–Kier alpha value is -3.00. The predicted molar refractivity (Wildman–Crippen MR) is 76.2 cm³/mol. The van der Waals surface area contributed by atoms with E-state index in [-0.39, 0.29) is 6.79 Å². The molecule has 0 spiro atoms. The van der Waals surface area contributed by atoms with E-state index in [9.17, 15) is 0 Å². The fourth-order valence-electron chi connectivity index (χ4n) is 2.55. The highest BCUT2D eigenvalue weighted by atomic mass is 16.7. The topological polar surface area (TPSA) is 59.5 Å². The summed E-state index contributed by atoms with van der Waals surface area (Å²) in [6, 6.07) is 11.6. The fourth-order valence-corrected chi connectivity index (χ4v) is 2.55. The van der Waals surface area contributed by atoms with Crippen LogP contribution in [-0.2, 0) is 0 Å². The molecule has 0 aliphatic carbocycles. The SMILES string of the molecule is Cc1c(-c2ccc3c(c2)OCO3)nc2ccc(C#N)cn12. The van der Waals surface area contributed by atoms with Gasteiger partial charge < -0.3 is 13.9 Å². The molecule has 3 aromatic rings. The number of hydrogen-bond donors (Lipinski definition) is 0. The first kappa shape index (κ1) is 11.8. The Bertz CT molecular complexity index is 906. The van der Waals surface area contributed by atoms with Gasteiger partial charge in [-0.2, -0.15) is 5.26 Å². The van der Waals surface area contributed by atoms with Crippen molar-refractivity contribution in [2.24, 2.45) is 0 Å². The Morgan fingerprint density at radius 1 is 1.19 bits per heavy atom. The summed E-state index contributed by atoms with van der Waals surface area (Å²) in [5, 5.41) is 9.00. The first-order valence-electron chi connectivity index (χ1n) is 6.55. The molecule has 2 aromatic heterocycles. The van der Waals surface area contributed by atoms with Gasteiger partial charge in [-0.3, -0.25) is 0 Å². The molecule has 0 atom stereocenters. The van der Waals surface area contributed by atoms with Crippen LogP contribution in [0.5, 0.6) is 11.5 Å². The van der Waals surface area contributed by atoms with Gasteiger partial charge in [0.25, 0.3) is 0 Å². The van der Waals surface area contributed by atoms with Crippen LogP contribution in [0, 0.1) is 18.3 Å². The van der Waals surface area contributed by atoms with Crippen LogP contribution in [0.4, 0.5) is 0 Å². The average Bonchev–Trinajstić information content (AvgIpc) is 3.11. The normalized spacial score (nSPS) is 12.6. The maximum Gasteiger partial charge on any atom is 0.231 e. The zero-order valence-corrected chi connectivity index (χ0v) is 11.3. The largest absolute Gasteiger partial charge is 0.454 e. The molecule has 0 saturated carbocycles. The number of hydrogen-bond acceptors (Lipinski definition) is 4. The number of ether oxygens (including phenoxy) is 2. The molecule has 5 nitrogen and oxygen atoms in total. The van der Waals surface area contributed by atoms with E-state index in [2.05, 4.69) is 11.1 Å². The zero-order valence-electron chi connectivity index (χ0n) is 11.3. The second-order valence-corrected chi connectivity index (χ2v) is 4.87. The number of benzene rings is 1. The molecule has 0 unspecified atom stereocenters. The molecule has 0 radical (unpaired) electrons. The molecule has 102 valence electrons. The molecule has 0 amide bonds. The van der Waals surface area contributed by atoms with Gasteiger partial charge in [-0.25, -0.2) is 4.98 Å². The van der Waals surface area contributed by atoms with Gasteiger partial charge in [0.05, 0.1) is 11.3 Å². The van der Waals surface area contributed by atoms with Gasteiger partial charge >= 0.3 is 0 Å². The molecule has 4 rings (SSSR count). The molecule has 3 heterocycles. The molecule has 1 aromatic carbocycles. The lowest BCUT2D eigenvalue weighted by Gasteiger charge is -2.01. The lowest BCUT2D eigenvalue weighted by atomic mass is 10.1. The van der Waals surface area contributed by atoms with Crippen molar-refractivity contribution in [3.8, 4) is 28.8 Å². The maximum absolute atomic E-state index is 9.00. The Morgan fingerprint density at radius 3 is 2.90 bits per heavy atom. The third kappa shape index (κ3) is 1.73. The van der Waals surface area contributed by atoms with E-state index < -0.39 is 0 Å². The summed E-state index contributed by atoms with van der Waals surface area (Å²) in [6.07, 6.45) is 1.80. The fraction of sp³-hybridized carbons (Fsp3) is 0.125. The number of aryl methyl sites for hydroxylation is 1. The van der Waals surface area contributed by atoms with Crippen molar-refractivity contribution in [3.05, 3.63) is 47.8 Å². The lowest BCUT2D eigenvalue weighted by molar-refractivity contribution is 0.174. The molecular formula is C16H11N3O2. The monoisotopic (exact) mass is 277 g/mol. The van der Waals surface area contributed by atoms with E-state index in [1.807, 2.05) is 35.6 Å². The van der Waals surface area contributed by atoms with Crippen molar-refractivity contribution in [3.63, 3.8) is 0 Å². The second-order valence-electron chi connectivity index (χ2n) is 4.87. The van der Waals surface area contributed by atoms with Crippen LogP contribution in [0.15, 0.2) is 36.5 Å². The van der Waals surface area contributed by atoms with Crippen molar-refractivity contribution in [1.82, 2.24) is 9.38 Å². The molecule has 21 heavy (non-hydrogen) atoms. The molecule has 0 N–H and O–H groups in total. The highest BCUT2D eigenvalue weighted by Gasteiger charge is 2.17. The van der Waals surface area contributed by atoms with Gasteiger partial charge in [0.15, 0.2) is 11.5 Å². The number of imidazole rings is 1. The molecule has 1 aliphatic heterocycles. The number of nitrogens with zero attached hydrogens (tertiary/aromatic N) is 3. The summed E-state index contributed by atoms with van der Waals surface area (Å²) in [6.45, 7) is 2.25. The van der Waals surface area contributed by atoms with Gasteiger partial charge in [0.2, 0.25) is 6.79 Å². The lowest BCUT2D eigenvalue weighted by Crippen LogP contribution is -1.92. The number of pyridine rings is 1. The van der Waals surface area contributed by atoms with E-state index in [4.69, 9.17) is 14.7 Å². The quantitative estimate of drug-likeness (QED) is 0.686. The van der Waals surface area contributed by atoms with E-state index in [1.165, 1.54) is 0 Å². The Balaban J connectivity index is 1.91. The average molecular weight is 277 g/mol. The first-order valence-corrected chi connectivity index (χ1v) is 6.55. The first-order chi connectivity index (χ1) is 10.3. The maximum atomic E-state index is 9.00. The van der Waals surface area contributed by atoms with Crippen molar-refractivity contribution < 1.29 is 9.47 Å². The van der Waals surface area contributed by atoms with Crippen molar-refractivity contribution in [1.29, 1.82) is 5.26 Å². The Kier molecular flexibility index (Phi) is 2.39. The van der Waals surface area contributed by atoms with E-state index in [0.717, 1.165) is 34.1 Å². The summed E-state index contributed by atoms with van der Waals surface area (Å²) in [4.78, 5) is 4.64. The predicted octanol–water partition coefficient (Wildman–Crippen LogP) is 2.91. The minimum absolute atomic E-state index is 0.258. The van der Waals surface area contributed by atoms with Crippen LogP contribution < -0.4 is 9.47 Å². The second kappa shape index (κ2) is 4.25. The molecule has 0 saturated heterocycles. The Morgan fingerprint density at radius 2 is 2.05 bits per heavy atom. The molecule has 0 bridgehead atoms. The summed E-state index contributed by atoms with van der Waals surface area (Å²) in [7, 11) is 0. The molecule has 5 heteroatoms.